The second-order valence-electron chi connectivity index (χ2n) is 4.62. The van der Waals surface area contributed by atoms with Gasteiger partial charge in [-0.3, -0.25) is 9.59 Å². The molecule has 0 saturated carbocycles. The molecule has 0 amide bonds. The molecule has 0 aliphatic carbocycles. The Balaban J connectivity index is 3.18. The van der Waals surface area contributed by atoms with Crippen molar-refractivity contribution >= 4 is 5.78 Å². The molecule has 0 fully saturated rings. The molecule has 15 heavy (non-hydrogen) atoms. The number of rotatable bonds is 2. The predicted molar refractivity (Wildman–Crippen MR) is 60.2 cm³/mol. The number of carbonyl (C=O) groups excluding carboxylic acids is 1. The molecule has 0 aliphatic heterocycles. The summed E-state index contributed by atoms with van der Waals surface area (Å²) in [7, 11) is 0. The van der Waals surface area contributed by atoms with Gasteiger partial charge >= 0.3 is 0 Å². The van der Waals surface area contributed by atoms with Gasteiger partial charge in [0.05, 0.1) is 0 Å². The number of nitrogens with zero attached hydrogens (tertiary/aromatic N) is 1. The standard InChI is InChI=1S/C12H17NO2/c1-5-13-8-9(6-7-10(13)14)11(15)12(2,3)4/h6-8H,5H2,1-4H3. The Labute approximate surface area is 89.7 Å². The number of carbonyl (C=O) groups is 1. The molecule has 82 valence electrons. The van der Waals surface area contributed by atoms with Gasteiger partial charge in [-0.1, -0.05) is 20.8 Å². The molecule has 0 aromatic carbocycles. The van der Waals surface area contributed by atoms with E-state index in [0.29, 0.717) is 12.1 Å². The Morgan fingerprint density at radius 2 is 1.93 bits per heavy atom. The fourth-order valence-electron chi connectivity index (χ4n) is 1.35. The van der Waals surface area contributed by atoms with Crippen molar-refractivity contribution < 1.29 is 4.79 Å². The largest absolute Gasteiger partial charge is 0.315 e. The Morgan fingerprint density at radius 1 is 1.33 bits per heavy atom. The molecule has 0 bridgehead atoms. The first-order chi connectivity index (χ1) is 6.86. The highest BCUT2D eigenvalue weighted by Gasteiger charge is 2.23. The molecule has 3 nitrogen and oxygen atoms in total. The van der Waals surface area contributed by atoms with E-state index in [1.165, 1.54) is 6.07 Å². The Morgan fingerprint density at radius 3 is 2.40 bits per heavy atom. The van der Waals surface area contributed by atoms with Gasteiger partial charge in [-0.25, -0.2) is 0 Å². The second-order valence-corrected chi connectivity index (χ2v) is 4.62. The lowest BCUT2D eigenvalue weighted by atomic mass is 9.87. The van der Waals surface area contributed by atoms with Gasteiger partial charge in [0, 0.05) is 29.8 Å². The summed E-state index contributed by atoms with van der Waals surface area (Å²) in [6.45, 7) is 8.08. The molecule has 0 aliphatic rings. The zero-order chi connectivity index (χ0) is 11.6. The van der Waals surface area contributed by atoms with Crippen LogP contribution in [-0.2, 0) is 6.54 Å². The van der Waals surface area contributed by atoms with Crippen LogP contribution in [0.5, 0.6) is 0 Å². The lowest BCUT2D eigenvalue weighted by Crippen LogP contribution is -2.24. The van der Waals surface area contributed by atoms with Crippen molar-refractivity contribution in [2.24, 2.45) is 5.41 Å². The Bertz CT molecular complexity index is 424. The second kappa shape index (κ2) is 4.01. The molecule has 1 aromatic rings. The SMILES string of the molecule is CCn1cc(C(=O)C(C)(C)C)ccc1=O. The van der Waals surface area contributed by atoms with Gasteiger partial charge in [0.2, 0.25) is 0 Å². The van der Waals surface area contributed by atoms with Gasteiger partial charge < -0.3 is 4.57 Å². The average molecular weight is 207 g/mol. The molecule has 1 aromatic heterocycles. The van der Waals surface area contributed by atoms with Crippen LogP contribution in [0, 0.1) is 5.41 Å². The van der Waals surface area contributed by atoms with E-state index in [-0.39, 0.29) is 11.3 Å². The van der Waals surface area contributed by atoms with Gasteiger partial charge in [-0.2, -0.15) is 0 Å². The third-order valence-electron chi connectivity index (χ3n) is 2.27. The van der Waals surface area contributed by atoms with Crippen LogP contribution in [0.3, 0.4) is 0 Å². The predicted octanol–water partition coefficient (Wildman–Crippen LogP) is 2.10. The van der Waals surface area contributed by atoms with E-state index >= 15 is 0 Å². The van der Waals surface area contributed by atoms with Crippen LogP contribution in [-0.4, -0.2) is 10.4 Å². The van der Waals surface area contributed by atoms with E-state index in [0.717, 1.165) is 0 Å². The highest BCUT2D eigenvalue weighted by molar-refractivity contribution is 5.99. The maximum atomic E-state index is 11.9. The van der Waals surface area contributed by atoms with E-state index in [4.69, 9.17) is 0 Å². The first-order valence-electron chi connectivity index (χ1n) is 5.11. The normalized spacial score (nSPS) is 11.5. The fraction of sp³-hybridized carbons (Fsp3) is 0.500. The molecule has 3 heteroatoms. The van der Waals surface area contributed by atoms with Crippen LogP contribution < -0.4 is 5.56 Å². The Hall–Kier alpha value is -1.38. The summed E-state index contributed by atoms with van der Waals surface area (Å²) < 4.78 is 1.54. The van der Waals surface area contributed by atoms with Crippen molar-refractivity contribution in [3.63, 3.8) is 0 Å². The molecule has 0 unspecified atom stereocenters. The zero-order valence-corrected chi connectivity index (χ0v) is 9.70. The first-order valence-corrected chi connectivity index (χ1v) is 5.11. The van der Waals surface area contributed by atoms with Gasteiger partial charge in [0.15, 0.2) is 5.78 Å². The molecular formula is C12H17NO2. The summed E-state index contributed by atoms with van der Waals surface area (Å²) >= 11 is 0. The minimum atomic E-state index is -0.407. The Kier molecular flexibility index (Phi) is 3.12. The third kappa shape index (κ3) is 2.55. The smallest absolute Gasteiger partial charge is 0.250 e. The fourth-order valence-corrected chi connectivity index (χ4v) is 1.35. The van der Waals surface area contributed by atoms with Gasteiger partial charge in [0.25, 0.3) is 5.56 Å². The van der Waals surface area contributed by atoms with Crippen LogP contribution in [0.2, 0.25) is 0 Å². The quantitative estimate of drug-likeness (QED) is 0.697. The number of hydrogen-bond acceptors (Lipinski definition) is 2. The topological polar surface area (TPSA) is 39.1 Å². The average Bonchev–Trinajstić information content (AvgIpc) is 2.16. The van der Waals surface area contributed by atoms with Crippen molar-refractivity contribution in [3.05, 3.63) is 34.2 Å². The van der Waals surface area contributed by atoms with E-state index < -0.39 is 5.41 Å². The summed E-state index contributed by atoms with van der Waals surface area (Å²) in [6.07, 6.45) is 1.63. The highest BCUT2D eigenvalue weighted by atomic mass is 16.1. The van der Waals surface area contributed by atoms with Crippen LogP contribution in [0.1, 0.15) is 38.1 Å². The van der Waals surface area contributed by atoms with Gasteiger partial charge in [-0.05, 0) is 13.0 Å². The van der Waals surface area contributed by atoms with Crippen molar-refractivity contribution in [1.82, 2.24) is 4.57 Å². The van der Waals surface area contributed by atoms with Crippen LogP contribution >= 0.6 is 0 Å². The van der Waals surface area contributed by atoms with Crippen LogP contribution in [0.25, 0.3) is 0 Å². The molecule has 0 N–H and O–H groups in total. The molecule has 1 heterocycles. The molecular weight excluding hydrogens is 190 g/mol. The number of ketones is 1. The molecule has 0 spiro atoms. The summed E-state index contributed by atoms with van der Waals surface area (Å²) in [5.74, 6) is 0.0599. The summed E-state index contributed by atoms with van der Waals surface area (Å²) in [4.78, 5) is 23.3. The first kappa shape index (κ1) is 11.7. The molecule has 0 radical (unpaired) electrons. The van der Waals surface area contributed by atoms with Crippen LogP contribution in [0.15, 0.2) is 23.1 Å². The maximum absolute atomic E-state index is 11.9. The van der Waals surface area contributed by atoms with Crippen molar-refractivity contribution in [2.45, 2.75) is 34.2 Å². The van der Waals surface area contributed by atoms with E-state index in [9.17, 15) is 9.59 Å². The van der Waals surface area contributed by atoms with Crippen molar-refractivity contribution in [1.29, 1.82) is 0 Å². The van der Waals surface area contributed by atoms with Gasteiger partial charge in [0.1, 0.15) is 0 Å². The molecule has 1 rings (SSSR count). The zero-order valence-electron chi connectivity index (χ0n) is 9.70. The molecule has 0 atom stereocenters. The minimum absolute atomic E-state index is 0.0599. The lowest BCUT2D eigenvalue weighted by molar-refractivity contribution is 0.0857. The number of aryl methyl sites for hydroxylation is 1. The van der Waals surface area contributed by atoms with Crippen molar-refractivity contribution in [2.75, 3.05) is 0 Å². The van der Waals surface area contributed by atoms with E-state index in [1.807, 2.05) is 27.7 Å². The lowest BCUT2D eigenvalue weighted by Gasteiger charge is -2.17. The van der Waals surface area contributed by atoms with Crippen LogP contribution in [0.4, 0.5) is 0 Å². The monoisotopic (exact) mass is 207 g/mol. The maximum Gasteiger partial charge on any atom is 0.250 e. The van der Waals surface area contributed by atoms with Crippen molar-refractivity contribution in [3.8, 4) is 0 Å². The number of aromatic nitrogens is 1. The highest BCUT2D eigenvalue weighted by Crippen LogP contribution is 2.19. The number of hydrogen-bond donors (Lipinski definition) is 0. The third-order valence-corrected chi connectivity index (χ3v) is 2.27. The number of Topliss-reactive ketones (excluding diaryl/α,β-unsaturated/α-hetero) is 1. The number of pyridine rings is 1. The summed E-state index contributed by atoms with van der Waals surface area (Å²) in [6, 6.07) is 3.05. The summed E-state index contributed by atoms with van der Waals surface area (Å²) in [5, 5.41) is 0. The summed E-state index contributed by atoms with van der Waals surface area (Å²) in [5.41, 5.74) is 0.127. The molecule has 0 saturated heterocycles. The van der Waals surface area contributed by atoms with Gasteiger partial charge in [-0.15, -0.1) is 0 Å². The van der Waals surface area contributed by atoms with E-state index in [2.05, 4.69) is 0 Å². The minimum Gasteiger partial charge on any atom is -0.315 e. The van der Waals surface area contributed by atoms with E-state index in [1.54, 1.807) is 16.8 Å².